The third kappa shape index (κ3) is 2.97. The van der Waals surface area contributed by atoms with Gasteiger partial charge in [0, 0.05) is 5.41 Å². The standard InChI is InChI=1S/C21H24N2O3/c24-18(14-26-15-6-2-1-3-7-15)23-19-16-8-4-5-9-17(16)21(20(19)25)10-12-22-13-11-21/h1-9,19-20,22,25H,10-14H2,(H,23,24)/t19-,20+/m0/s1. The molecule has 5 heteroatoms. The molecule has 0 unspecified atom stereocenters. The van der Waals surface area contributed by atoms with Crippen molar-refractivity contribution in [3.05, 3.63) is 65.7 Å². The predicted molar refractivity (Wildman–Crippen MR) is 99.1 cm³/mol. The van der Waals surface area contributed by atoms with Crippen molar-refractivity contribution in [2.75, 3.05) is 19.7 Å². The maximum absolute atomic E-state index is 12.4. The van der Waals surface area contributed by atoms with E-state index in [2.05, 4.69) is 16.7 Å². The summed E-state index contributed by atoms with van der Waals surface area (Å²) < 4.78 is 5.53. The molecule has 0 aromatic heterocycles. The summed E-state index contributed by atoms with van der Waals surface area (Å²) in [6.07, 6.45) is 1.12. The van der Waals surface area contributed by atoms with E-state index in [9.17, 15) is 9.90 Å². The molecule has 5 nitrogen and oxygen atoms in total. The van der Waals surface area contributed by atoms with Gasteiger partial charge in [0.25, 0.3) is 5.91 Å². The number of piperidine rings is 1. The smallest absolute Gasteiger partial charge is 0.258 e. The number of carbonyl (C=O) groups is 1. The summed E-state index contributed by atoms with van der Waals surface area (Å²) in [5.74, 6) is 0.434. The van der Waals surface area contributed by atoms with Crippen molar-refractivity contribution in [2.45, 2.75) is 30.4 Å². The van der Waals surface area contributed by atoms with Gasteiger partial charge < -0.3 is 20.5 Å². The van der Waals surface area contributed by atoms with Crippen LogP contribution in [0.15, 0.2) is 54.6 Å². The Morgan fingerprint density at radius 1 is 1.12 bits per heavy atom. The Hall–Kier alpha value is -2.37. The van der Waals surface area contributed by atoms with E-state index in [0.717, 1.165) is 31.5 Å². The van der Waals surface area contributed by atoms with Crippen LogP contribution in [0.4, 0.5) is 0 Å². The largest absolute Gasteiger partial charge is 0.484 e. The monoisotopic (exact) mass is 352 g/mol. The van der Waals surface area contributed by atoms with Gasteiger partial charge in [-0.1, -0.05) is 42.5 Å². The molecule has 136 valence electrons. The van der Waals surface area contributed by atoms with Crippen molar-refractivity contribution in [1.82, 2.24) is 10.6 Å². The minimum Gasteiger partial charge on any atom is -0.484 e. The fourth-order valence-electron chi connectivity index (χ4n) is 4.35. The second-order valence-corrected chi connectivity index (χ2v) is 7.09. The number of ether oxygens (including phenoxy) is 1. The molecule has 2 aliphatic rings. The van der Waals surface area contributed by atoms with Crippen LogP contribution in [0.5, 0.6) is 5.75 Å². The molecule has 4 rings (SSSR count). The van der Waals surface area contributed by atoms with Crippen LogP contribution < -0.4 is 15.4 Å². The van der Waals surface area contributed by atoms with Crippen LogP contribution in [0, 0.1) is 0 Å². The first-order valence-electron chi connectivity index (χ1n) is 9.16. The summed E-state index contributed by atoms with van der Waals surface area (Å²) in [4.78, 5) is 12.4. The molecule has 3 N–H and O–H groups in total. The van der Waals surface area contributed by atoms with Crippen molar-refractivity contribution in [2.24, 2.45) is 0 Å². The lowest BCUT2D eigenvalue weighted by atomic mass is 9.72. The quantitative estimate of drug-likeness (QED) is 0.786. The second-order valence-electron chi connectivity index (χ2n) is 7.09. The van der Waals surface area contributed by atoms with Crippen LogP contribution in [-0.2, 0) is 10.2 Å². The maximum atomic E-state index is 12.4. The Labute approximate surface area is 153 Å². The molecular formula is C21H24N2O3. The zero-order valence-electron chi connectivity index (χ0n) is 14.7. The molecule has 2 atom stereocenters. The van der Waals surface area contributed by atoms with Crippen molar-refractivity contribution >= 4 is 5.91 Å². The van der Waals surface area contributed by atoms with Gasteiger partial charge in [0.2, 0.25) is 0 Å². The van der Waals surface area contributed by atoms with Crippen LogP contribution in [0.25, 0.3) is 0 Å². The van der Waals surface area contributed by atoms with E-state index in [4.69, 9.17) is 4.74 Å². The summed E-state index contributed by atoms with van der Waals surface area (Å²) in [5, 5.41) is 17.5. The molecule has 2 aromatic carbocycles. The topological polar surface area (TPSA) is 70.6 Å². The summed E-state index contributed by atoms with van der Waals surface area (Å²) in [5.41, 5.74) is 1.92. The molecule has 26 heavy (non-hydrogen) atoms. The number of para-hydroxylation sites is 1. The summed E-state index contributed by atoms with van der Waals surface area (Å²) in [6, 6.07) is 17.0. The fourth-order valence-corrected chi connectivity index (χ4v) is 4.35. The lowest BCUT2D eigenvalue weighted by Gasteiger charge is -2.38. The molecule has 1 aliphatic heterocycles. The van der Waals surface area contributed by atoms with E-state index in [0.29, 0.717) is 5.75 Å². The number of fused-ring (bicyclic) bond motifs is 2. The molecule has 0 radical (unpaired) electrons. The average molecular weight is 352 g/mol. The number of aliphatic hydroxyl groups is 1. The Morgan fingerprint density at radius 3 is 2.58 bits per heavy atom. The first kappa shape index (κ1) is 17.1. The number of hydrogen-bond acceptors (Lipinski definition) is 4. The number of amides is 1. The molecular weight excluding hydrogens is 328 g/mol. The van der Waals surface area contributed by atoms with Gasteiger partial charge in [-0.15, -0.1) is 0 Å². The summed E-state index contributed by atoms with van der Waals surface area (Å²) >= 11 is 0. The van der Waals surface area contributed by atoms with Gasteiger partial charge in [0.05, 0.1) is 12.1 Å². The van der Waals surface area contributed by atoms with Crippen LogP contribution in [0.2, 0.25) is 0 Å². The van der Waals surface area contributed by atoms with Crippen molar-refractivity contribution in [3.8, 4) is 5.75 Å². The Balaban J connectivity index is 1.50. The van der Waals surface area contributed by atoms with Crippen LogP contribution >= 0.6 is 0 Å². The highest BCUT2D eigenvalue weighted by atomic mass is 16.5. The Bertz CT molecular complexity index is 772. The zero-order chi connectivity index (χ0) is 18.0. The molecule has 1 saturated heterocycles. The van der Waals surface area contributed by atoms with Crippen molar-refractivity contribution < 1.29 is 14.6 Å². The van der Waals surface area contributed by atoms with Crippen molar-refractivity contribution in [1.29, 1.82) is 0 Å². The Kier molecular flexibility index (Phi) is 4.66. The number of carbonyl (C=O) groups excluding carboxylic acids is 1. The lowest BCUT2D eigenvalue weighted by molar-refractivity contribution is -0.125. The van der Waals surface area contributed by atoms with E-state index in [-0.39, 0.29) is 17.9 Å². The molecule has 1 spiro atoms. The highest BCUT2D eigenvalue weighted by molar-refractivity contribution is 5.78. The van der Waals surface area contributed by atoms with Gasteiger partial charge >= 0.3 is 0 Å². The van der Waals surface area contributed by atoms with Crippen LogP contribution in [0.3, 0.4) is 0 Å². The van der Waals surface area contributed by atoms with E-state index in [1.54, 1.807) is 0 Å². The third-order valence-electron chi connectivity index (χ3n) is 5.64. The molecule has 1 amide bonds. The minimum atomic E-state index is -0.623. The van der Waals surface area contributed by atoms with Gasteiger partial charge in [-0.25, -0.2) is 0 Å². The van der Waals surface area contributed by atoms with E-state index < -0.39 is 12.1 Å². The zero-order valence-corrected chi connectivity index (χ0v) is 14.7. The van der Waals surface area contributed by atoms with E-state index in [1.165, 1.54) is 5.56 Å². The molecule has 1 fully saturated rings. The summed E-state index contributed by atoms with van der Waals surface area (Å²) in [7, 11) is 0. The molecule has 1 heterocycles. The second kappa shape index (κ2) is 7.09. The van der Waals surface area contributed by atoms with Gasteiger partial charge in [0.1, 0.15) is 5.75 Å². The van der Waals surface area contributed by atoms with Crippen LogP contribution in [-0.4, -0.2) is 36.8 Å². The lowest BCUT2D eigenvalue weighted by Crippen LogP contribution is -2.49. The van der Waals surface area contributed by atoms with Gasteiger partial charge in [-0.2, -0.15) is 0 Å². The molecule has 1 aliphatic carbocycles. The first-order valence-corrected chi connectivity index (χ1v) is 9.16. The first-order chi connectivity index (χ1) is 12.7. The van der Waals surface area contributed by atoms with Gasteiger partial charge in [0.15, 0.2) is 6.61 Å². The number of aliphatic hydroxyl groups excluding tert-OH is 1. The highest BCUT2D eigenvalue weighted by Gasteiger charge is 2.52. The van der Waals surface area contributed by atoms with Crippen LogP contribution in [0.1, 0.15) is 30.0 Å². The number of rotatable bonds is 4. The number of benzene rings is 2. The summed E-state index contributed by atoms with van der Waals surface area (Å²) in [6.45, 7) is 1.69. The van der Waals surface area contributed by atoms with Gasteiger partial charge in [-0.05, 0) is 49.2 Å². The molecule has 2 aromatic rings. The Morgan fingerprint density at radius 2 is 1.81 bits per heavy atom. The minimum absolute atomic E-state index is 0.0655. The van der Waals surface area contributed by atoms with Crippen molar-refractivity contribution in [3.63, 3.8) is 0 Å². The maximum Gasteiger partial charge on any atom is 0.258 e. The highest BCUT2D eigenvalue weighted by Crippen LogP contribution is 2.49. The molecule has 0 bridgehead atoms. The average Bonchev–Trinajstić information content (AvgIpc) is 2.91. The third-order valence-corrected chi connectivity index (χ3v) is 5.64. The normalized spacial score (nSPS) is 23.4. The van der Waals surface area contributed by atoms with E-state index >= 15 is 0 Å². The molecule has 0 saturated carbocycles. The predicted octanol–water partition coefficient (Wildman–Crippen LogP) is 1.92. The van der Waals surface area contributed by atoms with Gasteiger partial charge in [-0.3, -0.25) is 4.79 Å². The SMILES string of the molecule is O=C(COc1ccccc1)N[C@H]1c2ccccc2C2(CCNCC2)[C@@H]1O. The number of nitrogens with one attached hydrogen (secondary N) is 2. The number of hydrogen-bond donors (Lipinski definition) is 3. The fraction of sp³-hybridized carbons (Fsp3) is 0.381. The van der Waals surface area contributed by atoms with E-state index in [1.807, 2.05) is 48.5 Å².